The largest absolute Gasteiger partial charge is 1.00 e. The quantitative estimate of drug-likeness (QED) is 0.438. The summed E-state index contributed by atoms with van der Waals surface area (Å²) in [6, 6.07) is -0.105. The molecule has 1 fully saturated rings. The Morgan fingerprint density at radius 3 is 2.00 bits per heavy atom. The summed E-state index contributed by atoms with van der Waals surface area (Å²) in [4.78, 5) is 0. The summed E-state index contributed by atoms with van der Waals surface area (Å²) in [5.41, 5.74) is 0. The van der Waals surface area contributed by atoms with Crippen LogP contribution in [0.25, 0.3) is 0 Å². The summed E-state index contributed by atoms with van der Waals surface area (Å²) in [5, 5.41) is 0. The van der Waals surface area contributed by atoms with Gasteiger partial charge in [0.05, 0.1) is 0 Å². The Hall–Kier alpha value is 1.16. The van der Waals surface area contributed by atoms with Gasteiger partial charge >= 0.3 is 29.6 Å². The van der Waals surface area contributed by atoms with Crippen molar-refractivity contribution in [3.8, 4) is 0 Å². The molecule has 0 spiro atoms. The van der Waals surface area contributed by atoms with Crippen LogP contribution in [-0.2, 0) is 10.3 Å². The van der Waals surface area contributed by atoms with Crippen molar-refractivity contribution in [1.29, 1.82) is 0 Å². The Morgan fingerprint density at radius 1 is 1.15 bits per heavy atom. The van der Waals surface area contributed by atoms with Crippen molar-refractivity contribution in [1.82, 2.24) is 4.72 Å². The fourth-order valence-corrected chi connectivity index (χ4v) is 2.07. The van der Waals surface area contributed by atoms with E-state index in [2.05, 4.69) is 4.72 Å². The van der Waals surface area contributed by atoms with Gasteiger partial charge in [0.15, 0.2) is 10.3 Å². The van der Waals surface area contributed by atoms with Crippen molar-refractivity contribution in [2.45, 2.75) is 38.1 Å². The fraction of sp³-hybridized carbons (Fsp3) is 1.00. The molecular formula is C6H13ClNNaO3S. The van der Waals surface area contributed by atoms with Gasteiger partial charge in [0.2, 0.25) is 0 Å². The first kappa shape index (κ1) is 16.6. The summed E-state index contributed by atoms with van der Waals surface area (Å²) in [5.74, 6) is 0. The molecule has 0 heterocycles. The molecule has 0 amide bonds. The Balaban J connectivity index is 0. The molecule has 4 nitrogen and oxygen atoms in total. The number of nitrogens with one attached hydrogen (secondary N) is 1. The Labute approximate surface area is 107 Å². The predicted octanol–water partition coefficient (Wildman–Crippen LogP) is -2.21. The van der Waals surface area contributed by atoms with Gasteiger partial charge < -0.3 is 4.55 Å². The third-order valence-electron chi connectivity index (χ3n) is 1.92. The number of rotatable bonds is 2. The van der Waals surface area contributed by atoms with Crippen molar-refractivity contribution in [2.75, 3.05) is 0 Å². The van der Waals surface area contributed by atoms with E-state index in [0.29, 0.717) is 0 Å². The second-order valence-electron chi connectivity index (χ2n) is 2.91. The van der Waals surface area contributed by atoms with Crippen LogP contribution >= 0.6 is 12.4 Å². The number of halogens is 1. The van der Waals surface area contributed by atoms with Crippen LogP contribution in [0.3, 0.4) is 0 Å². The van der Waals surface area contributed by atoms with Gasteiger partial charge in [0, 0.05) is 6.04 Å². The third-order valence-corrected chi connectivity index (χ3v) is 2.54. The van der Waals surface area contributed by atoms with E-state index >= 15 is 0 Å². The van der Waals surface area contributed by atoms with E-state index in [0.717, 1.165) is 32.1 Å². The van der Waals surface area contributed by atoms with E-state index in [1.165, 1.54) is 0 Å². The van der Waals surface area contributed by atoms with Crippen LogP contribution in [0, 0.1) is 0 Å². The smallest absolute Gasteiger partial charge is 0.735 e. The molecule has 1 saturated carbocycles. The zero-order valence-electron chi connectivity index (χ0n) is 7.65. The van der Waals surface area contributed by atoms with Crippen LogP contribution in [0.5, 0.6) is 0 Å². The van der Waals surface area contributed by atoms with E-state index in [-0.39, 0.29) is 48.0 Å². The van der Waals surface area contributed by atoms with Crippen molar-refractivity contribution < 1.29 is 42.5 Å². The van der Waals surface area contributed by atoms with Crippen LogP contribution in [0.15, 0.2) is 0 Å². The molecule has 1 rings (SSSR count). The van der Waals surface area contributed by atoms with Crippen LogP contribution < -0.4 is 34.3 Å². The molecule has 7 heteroatoms. The molecule has 1 N–H and O–H groups in total. The molecule has 0 bridgehead atoms. The Morgan fingerprint density at radius 2 is 1.62 bits per heavy atom. The standard InChI is InChI=1S/C6H13NO3S.ClH.Na/c8-11(9,10)7-6-4-2-1-3-5-6;;/h6-7H,1-5H2,(H,8,9,10);1H;/q;;+1/p-1. The molecule has 0 aromatic carbocycles. The van der Waals surface area contributed by atoms with Gasteiger partial charge in [-0.3, -0.25) is 0 Å². The first-order valence-electron chi connectivity index (χ1n) is 3.81. The maximum Gasteiger partial charge on any atom is 1.00 e. The van der Waals surface area contributed by atoms with Gasteiger partial charge in [0.1, 0.15) is 0 Å². The minimum absolute atomic E-state index is 0. The normalized spacial score (nSPS) is 18.5. The summed E-state index contributed by atoms with van der Waals surface area (Å²) in [6.07, 6.45) is 4.81. The van der Waals surface area contributed by atoms with Crippen molar-refractivity contribution in [2.24, 2.45) is 0 Å². The summed E-state index contributed by atoms with van der Waals surface area (Å²) < 4.78 is 32.8. The summed E-state index contributed by atoms with van der Waals surface area (Å²) in [6.45, 7) is 0. The van der Waals surface area contributed by atoms with Crippen LogP contribution in [0.1, 0.15) is 32.1 Å². The molecule has 0 aromatic rings. The van der Waals surface area contributed by atoms with Crippen LogP contribution in [0.2, 0.25) is 0 Å². The van der Waals surface area contributed by atoms with Gasteiger partial charge in [-0.05, 0) is 12.8 Å². The van der Waals surface area contributed by atoms with Crippen LogP contribution in [-0.4, -0.2) is 19.0 Å². The zero-order valence-corrected chi connectivity index (χ0v) is 11.3. The SMILES string of the molecule is Cl.O=S(=O)([O-])NC1CCCCC1.[Na+]. The maximum absolute atomic E-state index is 10.2. The minimum atomic E-state index is -4.22. The van der Waals surface area contributed by atoms with Gasteiger partial charge in [0.25, 0.3) is 0 Å². The first-order valence-corrected chi connectivity index (χ1v) is 5.22. The number of hydrogen-bond donors (Lipinski definition) is 1. The maximum atomic E-state index is 10.2. The minimum Gasteiger partial charge on any atom is -0.735 e. The Kier molecular flexibility index (Phi) is 9.51. The molecule has 1 aliphatic rings. The molecule has 0 saturated heterocycles. The van der Waals surface area contributed by atoms with Crippen molar-refractivity contribution in [3.63, 3.8) is 0 Å². The fourth-order valence-electron chi connectivity index (χ4n) is 1.42. The van der Waals surface area contributed by atoms with Gasteiger partial charge in [-0.1, -0.05) is 19.3 Å². The molecule has 0 aliphatic heterocycles. The van der Waals surface area contributed by atoms with E-state index < -0.39 is 10.3 Å². The molecule has 0 unspecified atom stereocenters. The average Bonchev–Trinajstić information content (AvgIpc) is 1.85. The van der Waals surface area contributed by atoms with E-state index in [4.69, 9.17) is 0 Å². The summed E-state index contributed by atoms with van der Waals surface area (Å²) in [7, 11) is -4.22. The third kappa shape index (κ3) is 8.17. The predicted molar refractivity (Wildman–Crippen MR) is 47.0 cm³/mol. The second-order valence-corrected chi connectivity index (χ2v) is 4.05. The monoisotopic (exact) mass is 237 g/mol. The summed E-state index contributed by atoms with van der Waals surface area (Å²) >= 11 is 0. The van der Waals surface area contributed by atoms with Crippen LogP contribution in [0.4, 0.5) is 0 Å². The van der Waals surface area contributed by atoms with Crippen molar-refractivity contribution >= 4 is 22.7 Å². The average molecular weight is 238 g/mol. The zero-order chi connectivity index (χ0) is 8.32. The topological polar surface area (TPSA) is 69.2 Å². The molecule has 74 valence electrons. The molecule has 0 radical (unpaired) electrons. The van der Waals surface area contributed by atoms with E-state index in [1.807, 2.05) is 0 Å². The molecule has 13 heavy (non-hydrogen) atoms. The molecular weight excluding hydrogens is 225 g/mol. The first-order chi connectivity index (χ1) is 5.08. The van der Waals surface area contributed by atoms with Crippen molar-refractivity contribution in [3.05, 3.63) is 0 Å². The molecule has 1 aliphatic carbocycles. The van der Waals surface area contributed by atoms with Gasteiger partial charge in [-0.15, -0.1) is 12.4 Å². The van der Waals surface area contributed by atoms with E-state index in [9.17, 15) is 13.0 Å². The Bertz CT molecular complexity index is 216. The second kappa shape index (κ2) is 7.45. The van der Waals surface area contributed by atoms with Gasteiger partial charge in [-0.25, -0.2) is 13.1 Å². The number of hydrogen-bond acceptors (Lipinski definition) is 3. The molecule has 0 atom stereocenters. The van der Waals surface area contributed by atoms with E-state index in [1.54, 1.807) is 0 Å². The van der Waals surface area contributed by atoms with Gasteiger partial charge in [-0.2, -0.15) is 0 Å². The molecule has 0 aromatic heterocycles.